The molecule has 0 bridgehead atoms. The summed E-state index contributed by atoms with van der Waals surface area (Å²) in [5.41, 5.74) is 4.67. The Labute approximate surface area is 320 Å². The van der Waals surface area contributed by atoms with E-state index in [2.05, 4.69) is 0 Å². The van der Waals surface area contributed by atoms with Crippen LogP contribution < -0.4 is 0 Å². The van der Waals surface area contributed by atoms with Crippen LogP contribution in [0.15, 0.2) is 83.6 Å². The Morgan fingerprint density at radius 3 is 1.15 bits per heavy atom. The summed E-state index contributed by atoms with van der Waals surface area (Å²) < 4.78 is 0. The molecule has 52 heavy (non-hydrogen) atoms. The second kappa shape index (κ2) is 15.1. The number of rotatable bonds is 14. The van der Waals surface area contributed by atoms with E-state index in [-0.39, 0.29) is 25.7 Å². The van der Waals surface area contributed by atoms with Crippen molar-refractivity contribution in [1.29, 1.82) is 0 Å². The summed E-state index contributed by atoms with van der Waals surface area (Å²) in [7, 11) is 0. The van der Waals surface area contributed by atoms with E-state index < -0.39 is 23.9 Å². The summed E-state index contributed by atoms with van der Waals surface area (Å²) in [4.78, 5) is 55.6. The zero-order chi connectivity index (χ0) is 36.5. The summed E-state index contributed by atoms with van der Waals surface area (Å²) in [5.74, 6) is -3.68. The minimum Gasteiger partial charge on any atom is -0.481 e. The van der Waals surface area contributed by atoms with Gasteiger partial charge in [0.05, 0.1) is 25.7 Å². The monoisotopic (exact) mass is 802 g/mol. The molecule has 262 valence electrons. The summed E-state index contributed by atoms with van der Waals surface area (Å²) in [6.45, 7) is 0. The molecule has 0 fully saturated rings. The van der Waals surface area contributed by atoms with Gasteiger partial charge in [-0.05, 0) is 98.7 Å². The fraction of sp³-hybridized carbons (Fsp3) is 0.105. The molecular weight excluding hydrogens is 777 g/mol. The Bertz CT molecular complexity index is 2300. The van der Waals surface area contributed by atoms with Crippen molar-refractivity contribution >= 4 is 91.9 Å². The van der Waals surface area contributed by atoms with Crippen LogP contribution in [-0.2, 0) is 44.9 Å². The number of carbonyl (C=O) groups is 4. The highest BCUT2D eigenvalue weighted by Gasteiger charge is 2.21. The van der Waals surface area contributed by atoms with Crippen LogP contribution in [0.25, 0.3) is 59.9 Å². The standard InChI is InChI=1S/C38H26O8S6/c39-31(40)15-21-8-10-47-35(21)25-4-6-27(49-25)37-23(17-33(43)44)13-29(51-37)19-2-1-3-20(12-19)30-14-24(18-34(45)46)38(52-30)28-7-5-26(50-28)36-22(9-11-48-36)16-32(41)42/h1-14H,15-18H2,(H,39,40)(H,41,42)(H,43,44)(H,45,46). The van der Waals surface area contributed by atoms with Crippen LogP contribution >= 0.6 is 68.0 Å². The van der Waals surface area contributed by atoms with Gasteiger partial charge in [0.1, 0.15) is 0 Å². The molecule has 6 aromatic heterocycles. The van der Waals surface area contributed by atoms with Crippen molar-refractivity contribution in [2.45, 2.75) is 25.7 Å². The van der Waals surface area contributed by atoms with E-state index >= 15 is 0 Å². The molecule has 7 rings (SSSR count). The number of hydrogen-bond donors (Lipinski definition) is 4. The van der Waals surface area contributed by atoms with E-state index in [4.69, 9.17) is 0 Å². The smallest absolute Gasteiger partial charge is 0.307 e. The topological polar surface area (TPSA) is 149 Å². The van der Waals surface area contributed by atoms with Crippen LogP contribution in [0, 0.1) is 0 Å². The third-order valence-electron chi connectivity index (χ3n) is 8.02. The predicted octanol–water partition coefficient (Wildman–Crippen LogP) is 10.6. The number of aliphatic carboxylic acids is 4. The molecule has 0 spiro atoms. The lowest BCUT2D eigenvalue weighted by Gasteiger charge is -2.02. The second-order valence-corrected chi connectivity index (χ2v) is 17.8. The maximum absolute atomic E-state index is 11.9. The van der Waals surface area contributed by atoms with Crippen molar-refractivity contribution < 1.29 is 39.6 Å². The molecular formula is C38H26O8S6. The van der Waals surface area contributed by atoms with E-state index in [9.17, 15) is 39.6 Å². The molecule has 6 heterocycles. The van der Waals surface area contributed by atoms with Crippen LogP contribution in [0.5, 0.6) is 0 Å². The van der Waals surface area contributed by atoms with Crippen molar-refractivity contribution in [2.75, 3.05) is 0 Å². The first kappa shape index (κ1) is 35.7. The van der Waals surface area contributed by atoms with Gasteiger partial charge in [0.25, 0.3) is 0 Å². The molecule has 0 radical (unpaired) electrons. The average molecular weight is 803 g/mol. The number of hydrogen-bond acceptors (Lipinski definition) is 10. The molecule has 0 unspecified atom stereocenters. The van der Waals surface area contributed by atoms with Gasteiger partial charge in [-0.2, -0.15) is 0 Å². The van der Waals surface area contributed by atoms with Gasteiger partial charge in [-0.3, -0.25) is 19.2 Å². The Balaban J connectivity index is 1.22. The molecule has 1 aromatic carbocycles. The van der Waals surface area contributed by atoms with Gasteiger partial charge < -0.3 is 20.4 Å². The Hall–Kier alpha value is -4.70. The lowest BCUT2D eigenvalue weighted by atomic mass is 10.1. The van der Waals surface area contributed by atoms with Gasteiger partial charge in [-0.15, -0.1) is 68.0 Å². The van der Waals surface area contributed by atoms with Gasteiger partial charge in [0, 0.05) is 48.8 Å². The van der Waals surface area contributed by atoms with Crippen LogP contribution in [-0.4, -0.2) is 44.3 Å². The maximum atomic E-state index is 11.9. The summed E-state index contributed by atoms with van der Waals surface area (Å²) in [6, 6.07) is 23.2. The quantitative estimate of drug-likeness (QED) is 0.0849. The number of benzene rings is 1. The first-order chi connectivity index (χ1) is 25.0. The Morgan fingerprint density at radius 1 is 0.404 bits per heavy atom. The number of carboxylic acids is 4. The van der Waals surface area contributed by atoms with Gasteiger partial charge in [0.2, 0.25) is 0 Å². The zero-order valence-corrected chi connectivity index (χ0v) is 31.7. The SMILES string of the molecule is O=C(O)Cc1ccsc1-c1ccc(-c2sc(-c3cccc(-c4cc(CC(=O)O)c(-c5ccc(-c6sccc6CC(=O)O)s5)s4)c3)cc2CC(=O)O)s1. The zero-order valence-electron chi connectivity index (χ0n) is 26.8. The van der Waals surface area contributed by atoms with Gasteiger partial charge in [-0.25, -0.2) is 0 Å². The van der Waals surface area contributed by atoms with E-state index in [0.29, 0.717) is 11.1 Å². The summed E-state index contributed by atoms with van der Waals surface area (Å²) >= 11 is 9.00. The molecule has 0 saturated carbocycles. The molecule has 4 N–H and O–H groups in total. The molecule has 8 nitrogen and oxygen atoms in total. The largest absolute Gasteiger partial charge is 0.481 e. The molecule has 0 aliphatic carbocycles. The first-order valence-corrected chi connectivity index (χ1v) is 20.6. The number of carboxylic acid groups (broad SMARTS) is 4. The molecule has 14 heteroatoms. The second-order valence-electron chi connectivity index (χ2n) is 11.7. The van der Waals surface area contributed by atoms with Crippen molar-refractivity contribution in [2.24, 2.45) is 0 Å². The fourth-order valence-electron chi connectivity index (χ4n) is 5.85. The van der Waals surface area contributed by atoms with Crippen LogP contribution in [0.1, 0.15) is 22.3 Å². The van der Waals surface area contributed by atoms with E-state index in [1.807, 2.05) is 83.6 Å². The first-order valence-electron chi connectivity index (χ1n) is 15.6. The van der Waals surface area contributed by atoms with E-state index in [1.54, 1.807) is 0 Å². The third-order valence-corrected chi connectivity index (χ3v) is 15.3. The molecule has 0 saturated heterocycles. The Morgan fingerprint density at radius 2 is 0.769 bits per heavy atom. The molecule has 0 aliphatic heterocycles. The van der Waals surface area contributed by atoms with Crippen molar-refractivity contribution in [3.8, 4) is 59.9 Å². The predicted molar refractivity (Wildman–Crippen MR) is 212 cm³/mol. The minimum absolute atomic E-state index is 0.0711. The lowest BCUT2D eigenvalue weighted by Crippen LogP contribution is -1.99. The fourth-order valence-corrected chi connectivity index (χ4v) is 12.7. The van der Waals surface area contributed by atoms with Crippen LogP contribution in [0.3, 0.4) is 0 Å². The van der Waals surface area contributed by atoms with Crippen LogP contribution in [0.2, 0.25) is 0 Å². The van der Waals surface area contributed by atoms with Crippen molar-refractivity contribution in [3.63, 3.8) is 0 Å². The summed E-state index contributed by atoms with van der Waals surface area (Å²) in [5, 5.41) is 42.0. The van der Waals surface area contributed by atoms with E-state index in [0.717, 1.165) is 71.0 Å². The molecule has 0 atom stereocenters. The van der Waals surface area contributed by atoms with Crippen LogP contribution in [0.4, 0.5) is 0 Å². The highest BCUT2D eigenvalue weighted by molar-refractivity contribution is 7.28. The van der Waals surface area contributed by atoms with Gasteiger partial charge in [0.15, 0.2) is 0 Å². The molecule has 7 aromatic rings. The molecule has 0 amide bonds. The maximum Gasteiger partial charge on any atom is 0.307 e. The Kier molecular flexibility index (Phi) is 10.4. The normalized spacial score (nSPS) is 11.2. The third kappa shape index (κ3) is 7.72. The van der Waals surface area contributed by atoms with Crippen molar-refractivity contribution in [3.05, 3.63) is 106 Å². The minimum atomic E-state index is -0.941. The van der Waals surface area contributed by atoms with Crippen molar-refractivity contribution in [1.82, 2.24) is 0 Å². The number of thiophene rings is 6. The molecule has 0 aliphatic rings. The van der Waals surface area contributed by atoms with Gasteiger partial charge in [-0.1, -0.05) is 18.2 Å². The van der Waals surface area contributed by atoms with E-state index in [1.165, 1.54) is 68.0 Å². The average Bonchev–Trinajstić information content (AvgIpc) is 3.92. The highest BCUT2D eigenvalue weighted by Crippen LogP contribution is 2.47. The highest BCUT2D eigenvalue weighted by atomic mass is 32.1. The van der Waals surface area contributed by atoms with Gasteiger partial charge >= 0.3 is 23.9 Å². The summed E-state index contributed by atoms with van der Waals surface area (Å²) in [6.07, 6.45) is -0.446. The lowest BCUT2D eigenvalue weighted by molar-refractivity contribution is -0.137.